The monoisotopic (exact) mass is 294 g/mol. The van der Waals surface area contributed by atoms with Crippen molar-refractivity contribution in [2.45, 2.75) is 12.8 Å². The van der Waals surface area contributed by atoms with Crippen molar-refractivity contribution in [3.05, 3.63) is 66.2 Å². The van der Waals surface area contributed by atoms with Crippen LogP contribution in [0.1, 0.15) is 28.8 Å². The summed E-state index contributed by atoms with van der Waals surface area (Å²) in [6, 6.07) is 15.1. The minimum absolute atomic E-state index is 0.138. The van der Waals surface area contributed by atoms with Gasteiger partial charge in [0.2, 0.25) is 0 Å². The van der Waals surface area contributed by atoms with Gasteiger partial charge in [0.05, 0.1) is 0 Å². The first kappa shape index (κ1) is 14.4. The molecular formula is C19H18O3. The lowest BCUT2D eigenvalue weighted by molar-refractivity contribution is 0.0984. The number of allylic oxidation sites excluding steroid dienone is 1. The highest BCUT2D eigenvalue weighted by Gasteiger charge is 2.13. The second kappa shape index (κ2) is 6.48. The third-order valence-electron chi connectivity index (χ3n) is 3.70. The van der Waals surface area contributed by atoms with Gasteiger partial charge in [-0.05, 0) is 29.7 Å². The topological polar surface area (TPSA) is 35.5 Å². The molecule has 0 aliphatic carbocycles. The summed E-state index contributed by atoms with van der Waals surface area (Å²) in [4.78, 5) is 12.1. The molecule has 3 nitrogen and oxygen atoms in total. The third kappa shape index (κ3) is 3.19. The van der Waals surface area contributed by atoms with E-state index in [1.165, 1.54) is 0 Å². The summed E-state index contributed by atoms with van der Waals surface area (Å²) in [7, 11) is 0. The number of benzene rings is 2. The van der Waals surface area contributed by atoms with E-state index in [1.54, 1.807) is 0 Å². The second-order valence-corrected chi connectivity index (χ2v) is 5.25. The SMILES string of the molecule is C=C(CCC(=O)c1ccccc1)c1ccc2c(c1)OCCO2. The Morgan fingerprint density at radius 1 is 0.909 bits per heavy atom. The molecule has 0 spiro atoms. The van der Waals surface area contributed by atoms with Crippen molar-refractivity contribution in [2.24, 2.45) is 0 Å². The lowest BCUT2D eigenvalue weighted by Gasteiger charge is -2.19. The normalized spacial score (nSPS) is 12.7. The van der Waals surface area contributed by atoms with E-state index < -0.39 is 0 Å². The number of hydrogen-bond acceptors (Lipinski definition) is 3. The number of Topliss-reactive ketones (excluding diaryl/α,β-unsaturated/α-hetero) is 1. The molecule has 0 amide bonds. The average Bonchev–Trinajstić information content (AvgIpc) is 2.59. The Morgan fingerprint density at radius 3 is 2.41 bits per heavy atom. The summed E-state index contributed by atoms with van der Waals surface area (Å²) in [5, 5.41) is 0. The van der Waals surface area contributed by atoms with E-state index in [1.807, 2.05) is 48.5 Å². The molecule has 0 atom stereocenters. The number of carbonyl (C=O) groups excluding carboxylic acids is 1. The van der Waals surface area contributed by atoms with Crippen LogP contribution in [0.25, 0.3) is 5.57 Å². The van der Waals surface area contributed by atoms with Crippen LogP contribution in [0.4, 0.5) is 0 Å². The first-order valence-electron chi connectivity index (χ1n) is 7.40. The molecule has 1 aliphatic heterocycles. The number of ether oxygens (including phenoxy) is 2. The largest absolute Gasteiger partial charge is 0.486 e. The average molecular weight is 294 g/mol. The number of hydrogen-bond donors (Lipinski definition) is 0. The minimum atomic E-state index is 0.138. The van der Waals surface area contributed by atoms with E-state index in [9.17, 15) is 4.79 Å². The maximum absolute atomic E-state index is 12.1. The molecule has 3 heteroatoms. The molecule has 2 aromatic carbocycles. The Kier molecular flexibility index (Phi) is 4.24. The van der Waals surface area contributed by atoms with Crippen LogP contribution in [-0.2, 0) is 0 Å². The first-order chi connectivity index (χ1) is 10.7. The molecule has 3 rings (SSSR count). The van der Waals surface area contributed by atoms with Crippen LogP contribution in [0.3, 0.4) is 0 Å². The molecule has 0 radical (unpaired) electrons. The highest BCUT2D eigenvalue weighted by atomic mass is 16.6. The van der Waals surface area contributed by atoms with Gasteiger partial charge in [0.1, 0.15) is 13.2 Å². The van der Waals surface area contributed by atoms with Gasteiger partial charge in [0, 0.05) is 12.0 Å². The van der Waals surface area contributed by atoms with E-state index in [4.69, 9.17) is 9.47 Å². The van der Waals surface area contributed by atoms with Crippen LogP contribution in [0, 0.1) is 0 Å². The van der Waals surface area contributed by atoms with Gasteiger partial charge in [-0.1, -0.05) is 43.0 Å². The van der Waals surface area contributed by atoms with Crippen molar-refractivity contribution in [3.8, 4) is 11.5 Å². The van der Waals surface area contributed by atoms with Crippen LogP contribution >= 0.6 is 0 Å². The molecule has 1 aliphatic rings. The Hall–Kier alpha value is -2.55. The predicted octanol–water partition coefficient (Wildman–Crippen LogP) is 4.13. The molecule has 112 valence electrons. The molecule has 0 saturated heterocycles. The minimum Gasteiger partial charge on any atom is -0.486 e. The van der Waals surface area contributed by atoms with Gasteiger partial charge in [-0.3, -0.25) is 4.79 Å². The van der Waals surface area contributed by atoms with Gasteiger partial charge >= 0.3 is 0 Å². The Morgan fingerprint density at radius 2 is 1.64 bits per heavy atom. The fraction of sp³-hybridized carbons (Fsp3) is 0.211. The number of fused-ring (bicyclic) bond motifs is 1. The zero-order chi connectivity index (χ0) is 15.4. The van der Waals surface area contributed by atoms with Gasteiger partial charge in [-0.15, -0.1) is 0 Å². The Balaban J connectivity index is 1.64. The Labute approximate surface area is 130 Å². The lowest BCUT2D eigenvalue weighted by Crippen LogP contribution is -2.15. The lowest BCUT2D eigenvalue weighted by atomic mass is 9.98. The van der Waals surface area contributed by atoms with Crippen LogP contribution in [-0.4, -0.2) is 19.0 Å². The molecule has 0 N–H and O–H groups in total. The van der Waals surface area contributed by atoms with Crippen molar-refractivity contribution >= 4 is 11.4 Å². The molecule has 22 heavy (non-hydrogen) atoms. The molecule has 0 bridgehead atoms. The van der Waals surface area contributed by atoms with Crippen LogP contribution < -0.4 is 9.47 Å². The van der Waals surface area contributed by atoms with Crippen molar-refractivity contribution in [2.75, 3.05) is 13.2 Å². The number of rotatable bonds is 5. The van der Waals surface area contributed by atoms with Gasteiger partial charge in [-0.2, -0.15) is 0 Å². The van der Waals surface area contributed by atoms with Gasteiger partial charge in [0.25, 0.3) is 0 Å². The van der Waals surface area contributed by atoms with Gasteiger partial charge in [-0.25, -0.2) is 0 Å². The van der Waals surface area contributed by atoms with Crippen molar-refractivity contribution < 1.29 is 14.3 Å². The van der Waals surface area contributed by atoms with E-state index in [-0.39, 0.29) is 5.78 Å². The molecule has 0 aromatic heterocycles. The quantitative estimate of drug-likeness (QED) is 0.778. The van der Waals surface area contributed by atoms with Crippen molar-refractivity contribution in [3.63, 3.8) is 0 Å². The van der Waals surface area contributed by atoms with Crippen LogP contribution in [0.5, 0.6) is 11.5 Å². The van der Waals surface area contributed by atoms with Gasteiger partial charge in [0.15, 0.2) is 17.3 Å². The second-order valence-electron chi connectivity index (χ2n) is 5.25. The summed E-state index contributed by atoms with van der Waals surface area (Å²) < 4.78 is 11.1. The zero-order valence-corrected chi connectivity index (χ0v) is 12.4. The van der Waals surface area contributed by atoms with E-state index in [0.29, 0.717) is 26.1 Å². The maximum atomic E-state index is 12.1. The summed E-state index contributed by atoms with van der Waals surface area (Å²) in [6.45, 7) is 5.24. The molecule has 0 saturated carbocycles. The summed E-state index contributed by atoms with van der Waals surface area (Å²) >= 11 is 0. The molecule has 0 fully saturated rings. The van der Waals surface area contributed by atoms with E-state index in [0.717, 1.165) is 28.2 Å². The van der Waals surface area contributed by atoms with Crippen LogP contribution in [0.15, 0.2) is 55.1 Å². The fourth-order valence-electron chi connectivity index (χ4n) is 2.44. The standard InChI is InChI=1S/C19H18O3/c1-14(7-9-17(20)15-5-3-2-4-6-15)16-8-10-18-19(13-16)22-12-11-21-18/h2-6,8,10,13H,1,7,9,11-12H2. The first-order valence-corrected chi connectivity index (χ1v) is 7.40. The van der Waals surface area contributed by atoms with E-state index >= 15 is 0 Å². The van der Waals surface area contributed by atoms with E-state index in [2.05, 4.69) is 6.58 Å². The molecular weight excluding hydrogens is 276 g/mol. The van der Waals surface area contributed by atoms with Gasteiger partial charge < -0.3 is 9.47 Å². The molecule has 2 aromatic rings. The molecule has 0 unspecified atom stereocenters. The maximum Gasteiger partial charge on any atom is 0.163 e. The predicted molar refractivity (Wildman–Crippen MR) is 86.5 cm³/mol. The highest BCUT2D eigenvalue weighted by molar-refractivity contribution is 5.96. The highest BCUT2D eigenvalue weighted by Crippen LogP contribution is 2.33. The number of ketones is 1. The molecule has 1 heterocycles. The zero-order valence-electron chi connectivity index (χ0n) is 12.4. The summed E-state index contributed by atoms with van der Waals surface area (Å²) in [5.74, 6) is 1.65. The Bertz CT molecular complexity index is 689. The summed E-state index contributed by atoms with van der Waals surface area (Å²) in [5.41, 5.74) is 2.67. The van der Waals surface area contributed by atoms with Crippen molar-refractivity contribution in [1.29, 1.82) is 0 Å². The fourth-order valence-corrected chi connectivity index (χ4v) is 2.44. The van der Waals surface area contributed by atoms with Crippen molar-refractivity contribution in [1.82, 2.24) is 0 Å². The third-order valence-corrected chi connectivity index (χ3v) is 3.70. The summed E-state index contributed by atoms with van der Waals surface area (Å²) in [6.07, 6.45) is 1.09. The number of carbonyl (C=O) groups is 1. The smallest absolute Gasteiger partial charge is 0.163 e. The van der Waals surface area contributed by atoms with Crippen LogP contribution in [0.2, 0.25) is 0 Å².